The highest BCUT2D eigenvalue weighted by molar-refractivity contribution is 5.16. The summed E-state index contributed by atoms with van der Waals surface area (Å²) in [4.78, 5) is 0. The number of aliphatic hydroxyl groups excluding tert-OH is 1. The van der Waals surface area contributed by atoms with E-state index in [0.29, 0.717) is 6.04 Å². The van der Waals surface area contributed by atoms with Gasteiger partial charge in [-0.3, -0.25) is 4.68 Å². The highest BCUT2D eigenvalue weighted by atomic mass is 16.3. The Balaban J connectivity index is 2.49. The Kier molecular flexibility index (Phi) is 4.78. The molecule has 1 rings (SSSR count). The summed E-state index contributed by atoms with van der Waals surface area (Å²) in [5.41, 5.74) is 2.41. The summed E-state index contributed by atoms with van der Waals surface area (Å²) >= 11 is 0. The second-order valence-electron chi connectivity index (χ2n) is 3.92. The third-order valence-corrected chi connectivity index (χ3v) is 2.53. The van der Waals surface area contributed by atoms with Gasteiger partial charge in [-0.25, -0.2) is 0 Å². The van der Waals surface area contributed by atoms with Crippen molar-refractivity contribution >= 4 is 0 Å². The van der Waals surface area contributed by atoms with Gasteiger partial charge >= 0.3 is 0 Å². The largest absolute Gasteiger partial charge is 0.396 e. The number of nitrogens with zero attached hydrogens (tertiary/aromatic N) is 2. The lowest BCUT2D eigenvalue weighted by Gasteiger charge is -2.11. The van der Waals surface area contributed by atoms with Crippen molar-refractivity contribution in [2.24, 2.45) is 7.05 Å². The van der Waals surface area contributed by atoms with Crippen LogP contribution in [0.2, 0.25) is 0 Å². The summed E-state index contributed by atoms with van der Waals surface area (Å²) in [5, 5.41) is 16.5. The predicted molar refractivity (Wildman–Crippen MR) is 60.6 cm³/mol. The number of aliphatic hydroxyl groups is 1. The first-order valence-electron chi connectivity index (χ1n) is 5.53. The monoisotopic (exact) mass is 211 g/mol. The number of hydrogen-bond acceptors (Lipinski definition) is 3. The summed E-state index contributed by atoms with van der Waals surface area (Å²) in [6.45, 7) is 5.27. The van der Waals surface area contributed by atoms with Crippen LogP contribution in [0.5, 0.6) is 0 Å². The third-order valence-electron chi connectivity index (χ3n) is 2.53. The lowest BCUT2D eigenvalue weighted by molar-refractivity contribution is 0.268. The van der Waals surface area contributed by atoms with Crippen molar-refractivity contribution in [1.29, 1.82) is 0 Å². The molecule has 0 fully saturated rings. The quantitative estimate of drug-likeness (QED) is 0.733. The molecule has 0 unspecified atom stereocenters. The van der Waals surface area contributed by atoms with Gasteiger partial charge in [-0.1, -0.05) is 6.92 Å². The van der Waals surface area contributed by atoms with Gasteiger partial charge in [0.1, 0.15) is 0 Å². The van der Waals surface area contributed by atoms with Crippen LogP contribution in [0.25, 0.3) is 0 Å². The van der Waals surface area contributed by atoms with Crippen LogP contribution < -0.4 is 5.32 Å². The van der Waals surface area contributed by atoms with Gasteiger partial charge in [0.2, 0.25) is 0 Å². The second kappa shape index (κ2) is 5.88. The van der Waals surface area contributed by atoms with Gasteiger partial charge in [-0.05, 0) is 19.8 Å². The fraction of sp³-hybridized carbons (Fsp3) is 0.727. The number of aryl methyl sites for hydroxylation is 2. The molecule has 0 bridgehead atoms. The minimum atomic E-state index is 0.238. The lowest BCUT2D eigenvalue weighted by Crippen LogP contribution is -2.26. The van der Waals surface area contributed by atoms with E-state index in [1.807, 2.05) is 11.7 Å². The molecule has 0 saturated heterocycles. The first kappa shape index (κ1) is 12.2. The Morgan fingerprint density at radius 1 is 1.60 bits per heavy atom. The van der Waals surface area contributed by atoms with Crippen molar-refractivity contribution in [2.45, 2.75) is 39.3 Å². The van der Waals surface area contributed by atoms with Gasteiger partial charge in [0, 0.05) is 38.0 Å². The van der Waals surface area contributed by atoms with Gasteiger partial charge in [0.05, 0.1) is 5.69 Å². The van der Waals surface area contributed by atoms with E-state index in [1.54, 1.807) is 0 Å². The summed E-state index contributed by atoms with van der Waals surface area (Å²) in [7, 11) is 1.94. The summed E-state index contributed by atoms with van der Waals surface area (Å²) in [5.74, 6) is 0. The van der Waals surface area contributed by atoms with Crippen LogP contribution in [0.1, 0.15) is 31.5 Å². The van der Waals surface area contributed by atoms with Crippen LogP contribution in [0.15, 0.2) is 6.20 Å². The molecule has 0 aliphatic carbocycles. The molecule has 1 heterocycles. The average Bonchev–Trinajstić information content (AvgIpc) is 2.56. The average molecular weight is 211 g/mol. The number of aromatic nitrogens is 2. The molecule has 4 nitrogen and oxygen atoms in total. The minimum Gasteiger partial charge on any atom is -0.396 e. The van der Waals surface area contributed by atoms with Crippen LogP contribution >= 0.6 is 0 Å². The van der Waals surface area contributed by atoms with Crippen molar-refractivity contribution in [2.75, 3.05) is 6.61 Å². The van der Waals surface area contributed by atoms with Crippen molar-refractivity contribution in [3.8, 4) is 0 Å². The Bertz CT molecular complexity index is 296. The molecule has 4 heteroatoms. The molecule has 86 valence electrons. The zero-order valence-corrected chi connectivity index (χ0v) is 9.82. The van der Waals surface area contributed by atoms with Crippen molar-refractivity contribution in [1.82, 2.24) is 15.1 Å². The molecule has 1 aromatic heterocycles. The molecule has 0 aromatic carbocycles. The lowest BCUT2D eigenvalue weighted by atomic mass is 10.2. The fourth-order valence-electron chi connectivity index (χ4n) is 1.61. The normalized spacial score (nSPS) is 13.1. The van der Waals surface area contributed by atoms with Crippen LogP contribution in [0.3, 0.4) is 0 Å². The maximum atomic E-state index is 8.78. The maximum absolute atomic E-state index is 8.78. The van der Waals surface area contributed by atoms with Gasteiger partial charge < -0.3 is 10.4 Å². The standard InChI is InChI=1S/C11H21N3O/c1-4-11-10(8-14(3)13-11)7-12-9(2)5-6-15/h8-9,12,15H,4-7H2,1-3H3/t9-/m1/s1. The smallest absolute Gasteiger partial charge is 0.0666 e. The van der Waals surface area contributed by atoms with Crippen LogP contribution in [0.4, 0.5) is 0 Å². The Labute approximate surface area is 91.3 Å². The molecule has 0 amide bonds. The molecule has 2 N–H and O–H groups in total. The van der Waals surface area contributed by atoms with Crippen molar-refractivity contribution < 1.29 is 5.11 Å². The summed E-state index contributed by atoms with van der Waals surface area (Å²) in [6.07, 6.45) is 3.81. The topological polar surface area (TPSA) is 50.1 Å². The SMILES string of the molecule is CCc1nn(C)cc1CN[C@H](C)CCO. The zero-order valence-electron chi connectivity index (χ0n) is 9.82. The van der Waals surface area contributed by atoms with E-state index in [4.69, 9.17) is 5.11 Å². The Hall–Kier alpha value is -0.870. The minimum absolute atomic E-state index is 0.238. The predicted octanol–water partition coefficient (Wildman–Crippen LogP) is 0.843. The van der Waals surface area contributed by atoms with Gasteiger partial charge in [0.15, 0.2) is 0 Å². The molecule has 0 aliphatic rings. The molecule has 1 atom stereocenters. The maximum Gasteiger partial charge on any atom is 0.0666 e. The Morgan fingerprint density at radius 3 is 2.93 bits per heavy atom. The van der Waals surface area contributed by atoms with Crippen molar-refractivity contribution in [3.63, 3.8) is 0 Å². The van der Waals surface area contributed by atoms with E-state index in [0.717, 1.165) is 25.1 Å². The second-order valence-corrected chi connectivity index (χ2v) is 3.92. The van der Waals surface area contributed by atoms with Gasteiger partial charge in [-0.15, -0.1) is 0 Å². The van der Waals surface area contributed by atoms with E-state index < -0.39 is 0 Å². The summed E-state index contributed by atoms with van der Waals surface area (Å²) < 4.78 is 1.85. The van der Waals surface area contributed by atoms with E-state index in [-0.39, 0.29) is 6.61 Å². The first-order chi connectivity index (χ1) is 7.17. The molecule has 15 heavy (non-hydrogen) atoms. The summed E-state index contributed by atoms with van der Waals surface area (Å²) in [6, 6.07) is 0.347. The van der Waals surface area contributed by atoms with E-state index >= 15 is 0 Å². The first-order valence-corrected chi connectivity index (χ1v) is 5.53. The molecule has 0 spiro atoms. The van der Waals surface area contributed by atoms with E-state index in [1.165, 1.54) is 5.56 Å². The van der Waals surface area contributed by atoms with E-state index in [9.17, 15) is 0 Å². The highest BCUT2D eigenvalue weighted by Gasteiger charge is 2.07. The highest BCUT2D eigenvalue weighted by Crippen LogP contribution is 2.07. The Morgan fingerprint density at radius 2 is 2.33 bits per heavy atom. The van der Waals surface area contributed by atoms with Crippen molar-refractivity contribution in [3.05, 3.63) is 17.5 Å². The van der Waals surface area contributed by atoms with Crippen LogP contribution in [-0.4, -0.2) is 27.5 Å². The molecule has 0 aliphatic heterocycles. The molecule has 0 saturated carbocycles. The zero-order chi connectivity index (χ0) is 11.3. The number of nitrogens with one attached hydrogen (secondary N) is 1. The third kappa shape index (κ3) is 3.64. The van der Waals surface area contributed by atoms with Gasteiger partial charge in [-0.2, -0.15) is 5.10 Å². The number of hydrogen-bond donors (Lipinski definition) is 2. The fourth-order valence-corrected chi connectivity index (χ4v) is 1.61. The van der Waals surface area contributed by atoms with E-state index in [2.05, 4.69) is 30.5 Å². The molecular weight excluding hydrogens is 190 g/mol. The molecule has 0 radical (unpaired) electrons. The van der Waals surface area contributed by atoms with Crippen LogP contribution in [0, 0.1) is 0 Å². The number of rotatable bonds is 6. The molecule has 1 aromatic rings. The molecular formula is C11H21N3O. The van der Waals surface area contributed by atoms with Gasteiger partial charge in [0.25, 0.3) is 0 Å². The van der Waals surface area contributed by atoms with Crippen LogP contribution in [-0.2, 0) is 20.0 Å².